The molecule has 36 heavy (non-hydrogen) atoms. The van der Waals surface area contributed by atoms with Crippen molar-refractivity contribution in [3.05, 3.63) is 59.2 Å². The molecule has 0 unspecified atom stereocenters. The van der Waals surface area contributed by atoms with Crippen molar-refractivity contribution < 1.29 is 22.3 Å². The van der Waals surface area contributed by atoms with E-state index in [0.29, 0.717) is 37.9 Å². The van der Waals surface area contributed by atoms with E-state index in [-0.39, 0.29) is 10.6 Å². The molecule has 0 amide bonds. The number of benzene rings is 2. The molecule has 0 saturated carbocycles. The number of ether oxygens (including phenoxy) is 1. The molecule has 1 saturated heterocycles. The summed E-state index contributed by atoms with van der Waals surface area (Å²) in [6.45, 7) is 13.9. The molecule has 0 aromatic heterocycles. The van der Waals surface area contributed by atoms with Crippen molar-refractivity contribution in [1.29, 1.82) is 5.26 Å². The molecule has 3 rings (SSSR count). The summed E-state index contributed by atoms with van der Waals surface area (Å²) in [5.41, 5.74) is 0.526. The first-order valence-corrected chi connectivity index (χ1v) is 15.5. The summed E-state index contributed by atoms with van der Waals surface area (Å²) in [5.74, 6) is 1.19. The van der Waals surface area contributed by atoms with Crippen LogP contribution in [0, 0.1) is 11.3 Å². The van der Waals surface area contributed by atoms with E-state index in [4.69, 9.17) is 14.4 Å². The fraction of sp³-hybridized carbons (Fsp3) is 0.536. The van der Waals surface area contributed by atoms with Gasteiger partial charge in [-0.05, 0) is 72.8 Å². The number of hydrogen-bond acceptors (Lipinski definition) is 4. The standard InChI is InChI=1S/C28H37F3N2O2Si/c1-27(2,3)36(4,5)35-18-6-17-34-25-11-8-21(9-12-25)22-13-15-33(16-14-22)24-10-7-23(20-32)26(19-24)28(29,30)31/h7-12,19,22H,6,13-18H2,1-5H3. The van der Waals surface area contributed by atoms with Crippen LogP contribution in [0.1, 0.15) is 62.6 Å². The smallest absolute Gasteiger partial charge is 0.417 e. The number of rotatable bonds is 8. The van der Waals surface area contributed by atoms with E-state index in [2.05, 4.69) is 46.0 Å². The summed E-state index contributed by atoms with van der Waals surface area (Å²) < 4.78 is 52.0. The van der Waals surface area contributed by atoms with Crippen LogP contribution in [0.15, 0.2) is 42.5 Å². The molecule has 1 heterocycles. The number of hydrogen-bond donors (Lipinski definition) is 0. The molecule has 0 spiro atoms. The minimum atomic E-state index is -4.54. The number of anilines is 1. The van der Waals surface area contributed by atoms with Gasteiger partial charge in [-0.1, -0.05) is 32.9 Å². The summed E-state index contributed by atoms with van der Waals surface area (Å²) in [7, 11) is -1.73. The first-order chi connectivity index (χ1) is 16.8. The van der Waals surface area contributed by atoms with Crippen LogP contribution in [-0.2, 0) is 10.6 Å². The molecule has 1 aliphatic heterocycles. The van der Waals surface area contributed by atoms with Gasteiger partial charge in [0.1, 0.15) is 5.75 Å². The van der Waals surface area contributed by atoms with Crippen LogP contribution in [0.4, 0.5) is 18.9 Å². The first-order valence-electron chi connectivity index (χ1n) is 12.5. The monoisotopic (exact) mass is 518 g/mol. The van der Waals surface area contributed by atoms with Gasteiger partial charge in [-0.2, -0.15) is 18.4 Å². The van der Waals surface area contributed by atoms with E-state index in [9.17, 15) is 13.2 Å². The van der Waals surface area contributed by atoms with Crippen LogP contribution < -0.4 is 9.64 Å². The molecule has 2 aromatic carbocycles. The summed E-state index contributed by atoms with van der Waals surface area (Å²) >= 11 is 0. The van der Waals surface area contributed by atoms with Crippen LogP contribution in [0.3, 0.4) is 0 Å². The third kappa shape index (κ3) is 7.04. The Balaban J connectivity index is 1.48. The highest BCUT2D eigenvalue weighted by atomic mass is 28.4. The Hall–Kier alpha value is -2.50. The van der Waals surface area contributed by atoms with Gasteiger partial charge < -0.3 is 14.1 Å². The number of nitrogens with zero attached hydrogens (tertiary/aromatic N) is 2. The lowest BCUT2D eigenvalue weighted by molar-refractivity contribution is -0.137. The number of nitriles is 1. The number of alkyl halides is 3. The Labute approximate surface area is 214 Å². The van der Waals surface area contributed by atoms with Crippen molar-refractivity contribution in [2.45, 2.75) is 70.3 Å². The fourth-order valence-corrected chi connectivity index (χ4v) is 5.25. The molecule has 0 N–H and O–H groups in total. The normalized spacial score (nSPS) is 15.6. The molecule has 2 aromatic rings. The predicted molar refractivity (Wildman–Crippen MR) is 140 cm³/mol. The molecule has 1 aliphatic rings. The Bertz CT molecular complexity index is 1050. The average molecular weight is 519 g/mol. The van der Waals surface area contributed by atoms with E-state index in [0.717, 1.165) is 31.1 Å². The van der Waals surface area contributed by atoms with Gasteiger partial charge in [-0.25, -0.2) is 0 Å². The molecule has 0 radical (unpaired) electrons. The van der Waals surface area contributed by atoms with Gasteiger partial charge in [0.05, 0.1) is 23.8 Å². The van der Waals surface area contributed by atoms with Gasteiger partial charge in [0, 0.05) is 31.8 Å². The zero-order chi connectivity index (χ0) is 26.6. The van der Waals surface area contributed by atoms with E-state index in [1.54, 1.807) is 12.1 Å². The highest BCUT2D eigenvalue weighted by Crippen LogP contribution is 2.37. The fourth-order valence-electron chi connectivity index (χ4n) is 4.16. The molecule has 196 valence electrons. The Morgan fingerprint density at radius 3 is 2.19 bits per heavy atom. The van der Waals surface area contributed by atoms with Crippen LogP contribution in [0.5, 0.6) is 5.75 Å². The van der Waals surface area contributed by atoms with Crippen LogP contribution in [-0.4, -0.2) is 34.6 Å². The van der Waals surface area contributed by atoms with Crippen molar-refractivity contribution in [3.8, 4) is 11.8 Å². The van der Waals surface area contributed by atoms with Crippen molar-refractivity contribution in [2.75, 3.05) is 31.2 Å². The molecular weight excluding hydrogens is 481 g/mol. The molecule has 0 atom stereocenters. The maximum atomic E-state index is 13.3. The third-order valence-electron chi connectivity index (χ3n) is 7.47. The quantitative estimate of drug-likeness (QED) is 0.265. The average Bonchev–Trinajstić information content (AvgIpc) is 2.82. The summed E-state index contributed by atoms with van der Waals surface area (Å²) in [5, 5.41) is 9.22. The predicted octanol–water partition coefficient (Wildman–Crippen LogP) is 7.75. The lowest BCUT2D eigenvalue weighted by Gasteiger charge is -2.36. The molecule has 4 nitrogen and oxygen atoms in total. The zero-order valence-electron chi connectivity index (χ0n) is 21.9. The second-order valence-corrected chi connectivity index (χ2v) is 15.8. The minimum absolute atomic E-state index is 0.202. The largest absolute Gasteiger partial charge is 0.494 e. The van der Waals surface area contributed by atoms with Gasteiger partial charge in [-0.15, -0.1) is 0 Å². The second-order valence-electron chi connectivity index (χ2n) is 11.0. The van der Waals surface area contributed by atoms with Crippen molar-refractivity contribution in [3.63, 3.8) is 0 Å². The van der Waals surface area contributed by atoms with Gasteiger partial charge in [0.2, 0.25) is 0 Å². The SMILES string of the molecule is CC(C)(C)[Si](C)(C)OCCCOc1ccc(C2CCN(c3ccc(C#N)c(C(F)(F)F)c3)CC2)cc1. The van der Waals surface area contributed by atoms with E-state index < -0.39 is 20.1 Å². The van der Waals surface area contributed by atoms with Crippen molar-refractivity contribution >= 4 is 14.0 Å². The second kappa shape index (κ2) is 11.3. The third-order valence-corrected chi connectivity index (χ3v) is 12.0. The van der Waals surface area contributed by atoms with Crippen molar-refractivity contribution in [1.82, 2.24) is 0 Å². The summed E-state index contributed by atoms with van der Waals surface area (Å²) in [6.07, 6.45) is -1.99. The molecule has 8 heteroatoms. The van der Waals surface area contributed by atoms with Crippen LogP contribution >= 0.6 is 0 Å². The Morgan fingerprint density at radius 2 is 1.64 bits per heavy atom. The maximum absolute atomic E-state index is 13.3. The number of halogens is 3. The zero-order valence-corrected chi connectivity index (χ0v) is 22.9. The van der Waals surface area contributed by atoms with E-state index >= 15 is 0 Å². The lowest BCUT2D eigenvalue weighted by atomic mass is 9.89. The lowest BCUT2D eigenvalue weighted by Crippen LogP contribution is -2.41. The van der Waals surface area contributed by atoms with Gasteiger partial charge >= 0.3 is 6.18 Å². The molecular formula is C28H37F3N2O2Si. The van der Waals surface area contributed by atoms with Gasteiger partial charge in [-0.3, -0.25) is 0 Å². The van der Waals surface area contributed by atoms with E-state index in [1.165, 1.54) is 11.6 Å². The maximum Gasteiger partial charge on any atom is 0.417 e. The minimum Gasteiger partial charge on any atom is -0.494 e. The van der Waals surface area contributed by atoms with Crippen LogP contribution in [0.25, 0.3) is 0 Å². The first kappa shape index (κ1) is 28.1. The summed E-state index contributed by atoms with van der Waals surface area (Å²) in [6, 6.07) is 13.8. The molecule has 1 fully saturated rings. The Kier molecular flexibility index (Phi) is 8.78. The highest BCUT2D eigenvalue weighted by Gasteiger charge is 2.37. The topological polar surface area (TPSA) is 45.5 Å². The van der Waals surface area contributed by atoms with Crippen LogP contribution in [0.2, 0.25) is 18.1 Å². The molecule has 0 bridgehead atoms. The van der Waals surface area contributed by atoms with Crippen molar-refractivity contribution in [2.24, 2.45) is 0 Å². The molecule has 0 aliphatic carbocycles. The Morgan fingerprint density at radius 1 is 1.00 bits per heavy atom. The van der Waals surface area contributed by atoms with Gasteiger partial charge in [0.25, 0.3) is 0 Å². The summed E-state index contributed by atoms with van der Waals surface area (Å²) in [4.78, 5) is 1.97. The van der Waals surface area contributed by atoms with E-state index in [1.807, 2.05) is 17.0 Å². The number of piperidine rings is 1. The highest BCUT2D eigenvalue weighted by molar-refractivity contribution is 6.74. The van der Waals surface area contributed by atoms with Gasteiger partial charge in [0.15, 0.2) is 8.32 Å².